The summed E-state index contributed by atoms with van der Waals surface area (Å²) in [5, 5.41) is 2.65. The number of nitrogens with zero attached hydrogens (tertiary/aromatic N) is 1. The van der Waals surface area contributed by atoms with Crippen LogP contribution in [0, 0.1) is 5.82 Å². The fourth-order valence-electron chi connectivity index (χ4n) is 2.28. The van der Waals surface area contributed by atoms with Crippen molar-refractivity contribution in [1.82, 2.24) is 10.2 Å². The molecule has 0 heterocycles. The van der Waals surface area contributed by atoms with E-state index in [2.05, 4.69) is 5.32 Å². The summed E-state index contributed by atoms with van der Waals surface area (Å²) in [6.45, 7) is 1.44. The topological polar surface area (TPSA) is 75.7 Å². The van der Waals surface area contributed by atoms with Gasteiger partial charge in [0, 0.05) is 32.6 Å². The fourth-order valence-corrected chi connectivity index (χ4v) is 2.28. The standard InChI is InChI=1S/C20H21FN2O4/c1-14(24)22-11-15-7-9-16(10-8-15)20(26)27-13-19(25)23(2)12-17-5-3-4-6-18(17)21/h3-10H,11-13H2,1-2H3,(H,22,24). The molecule has 0 radical (unpaired) electrons. The lowest BCUT2D eigenvalue weighted by Crippen LogP contribution is -2.31. The second-order valence-corrected chi connectivity index (χ2v) is 6.02. The van der Waals surface area contributed by atoms with E-state index in [1.54, 1.807) is 42.5 Å². The van der Waals surface area contributed by atoms with Gasteiger partial charge in [0.1, 0.15) is 5.82 Å². The van der Waals surface area contributed by atoms with E-state index < -0.39 is 24.3 Å². The van der Waals surface area contributed by atoms with Crippen LogP contribution in [0.15, 0.2) is 48.5 Å². The number of carbonyl (C=O) groups is 3. The molecule has 0 atom stereocenters. The molecule has 0 fully saturated rings. The molecule has 0 bridgehead atoms. The maximum atomic E-state index is 13.6. The molecule has 1 N–H and O–H groups in total. The minimum atomic E-state index is -0.631. The number of rotatable bonds is 7. The van der Waals surface area contributed by atoms with Crippen molar-refractivity contribution < 1.29 is 23.5 Å². The fraction of sp³-hybridized carbons (Fsp3) is 0.250. The van der Waals surface area contributed by atoms with Crippen molar-refractivity contribution in [2.75, 3.05) is 13.7 Å². The minimum absolute atomic E-state index is 0.0842. The maximum Gasteiger partial charge on any atom is 0.338 e. The predicted octanol–water partition coefficient (Wildman–Crippen LogP) is 2.28. The molecule has 2 aromatic carbocycles. The molecule has 2 rings (SSSR count). The molecule has 142 valence electrons. The minimum Gasteiger partial charge on any atom is -0.452 e. The zero-order valence-corrected chi connectivity index (χ0v) is 15.2. The van der Waals surface area contributed by atoms with Crippen molar-refractivity contribution in [1.29, 1.82) is 0 Å². The van der Waals surface area contributed by atoms with Crippen molar-refractivity contribution in [2.45, 2.75) is 20.0 Å². The van der Waals surface area contributed by atoms with E-state index in [-0.39, 0.29) is 12.5 Å². The Kier molecular flexibility index (Phi) is 7.05. The zero-order chi connectivity index (χ0) is 19.8. The first-order valence-corrected chi connectivity index (χ1v) is 8.34. The van der Waals surface area contributed by atoms with Gasteiger partial charge < -0.3 is 15.0 Å². The van der Waals surface area contributed by atoms with Crippen LogP contribution < -0.4 is 5.32 Å². The molecular formula is C20H21FN2O4. The first-order valence-electron chi connectivity index (χ1n) is 8.34. The van der Waals surface area contributed by atoms with Gasteiger partial charge >= 0.3 is 5.97 Å². The van der Waals surface area contributed by atoms with Gasteiger partial charge in [0.2, 0.25) is 5.91 Å². The highest BCUT2D eigenvalue weighted by Crippen LogP contribution is 2.10. The van der Waals surface area contributed by atoms with Crippen LogP contribution in [0.1, 0.15) is 28.4 Å². The molecule has 2 aromatic rings. The molecule has 0 aliphatic rings. The van der Waals surface area contributed by atoms with Crippen molar-refractivity contribution in [3.05, 3.63) is 71.0 Å². The summed E-state index contributed by atoms with van der Waals surface area (Å²) in [5.41, 5.74) is 1.52. The Morgan fingerprint density at radius 1 is 1.07 bits per heavy atom. The van der Waals surface area contributed by atoms with Gasteiger partial charge in [-0.25, -0.2) is 9.18 Å². The monoisotopic (exact) mass is 372 g/mol. The lowest BCUT2D eigenvalue weighted by molar-refractivity contribution is -0.133. The van der Waals surface area contributed by atoms with Gasteiger partial charge in [0.05, 0.1) is 5.56 Å². The third kappa shape index (κ3) is 6.22. The van der Waals surface area contributed by atoms with E-state index >= 15 is 0 Å². The number of halogens is 1. The number of hydrogen-bond acceptors (Lipinski definition) is 4. The number of likely N-dealkylation sites (N-methyl/N-ethyl adjacent to an activating group) is 1. The van der Waals surface area contributed by atoms with Crippen LogP contribution in [0.3, 0.4) is 0 Å². The van der Waals surface area contributed by atoms with Crippen LogP contribution in [-0.2, 0) is 27.4 Å². The smallest absolute Gasteiger partial charge is 0.338 e. The number of nitrogens with one attached hydrogen (secondary N) is 1. The largest absolute Gasteiger partial charge is 0.452 e. The first kappa shape index (κ1) is 20.1. The van der Waals surface area contributed by atoms with E-state index in [0.717, 1.165) is 5.56 Å². The molecule has 0 saturated carbocycles. The van der Waals surface area contributed by atoms with Crippen molar-refractivity contribution >= 4 is 17.8 Å². The summed E-state index contributed by atoms with van der Waals surface area (Å²) < 4.78 is 18.7. The molecule has 6 nitrogen and oxygen atoms in total. The van der Waals surface area contributed by atoms with Gasteiger partial charge in [-0.2, -0.15) is 0 Å². The van der Waals surface area contributed by atoms with Gasteiger partial charge in [0.25, 0.3) is 5.91 Å². The molecule has 0 aromatic heterocycles. The van der Waals surface area contributed by atoms with Crippen molar-refractivity contribution in [3.63, 3.8) is 0 Å². The summed E-state index contributed by atoms with van der Waals surface area (Å²) in [5.74, 6) is -1.60. The lowest BCUT2D eigenvalue weighted by Gasteiger charge is -2.17. The average molecular weight is 372 g/mol. The molecular weight excluding hydrogens is 351 g/mol. The highest BCUT2D eigenvalue weighted by molar-refractivity contribution is 5.91. The number of hydrogen-bond donors (Lipinski definition) is 1. The highest BCUT2D eigenvalue weighted by Gasteiger charge is 2.15. The van der Waals surface area contributed by atoms with Crippen LogP contribution in [0.4, 0.5) is 4.39 Å². The van der Waals surface area contributed by atoms with Crippen LogP contribution in [0.5, 0.6) is 0 Å². The summed E-state index contributed by atoms with van der Waals surface area (Å²) in [6, 6.07) is 12.7. The van der Waals surface area contributed by atoms with E-state index in [0.29, 0.717) is 17.7 Å². The average Bonchev–Trinajstić information content (AvgIpc) is 2.66. The molecule has 0 spiro atoms. The number of benzene rings is 2. The summed E-state index contributed by atoms with van der Waals surface area (Å²) >= 11 is 0. The Labute approximate surface area is 156 Å². The van der Waals surface area contributed by atoms with E-state index in [1.165, 1.54) is 24.9 Å². The summed E-state index contributed by atoms with van der Waals surface area (Å²) in [7, 11) is 1.51. The summed E-state index contributed by atoms with van der Waals surface area (Å²) in [4.78, 5) is 36.3. The van der Waals surface area contributed by atoms with E-state index in [9.17, 15) is 18.8 Å². The molecule has 0 aliphatic heterocycles. The second kappa shape index (κ2) is 9.47. The van der Waals surface area contributed by atoms with Crippen molar-refractivity contribution in [2.24, 2.45) is 0 Å². The molecule has 0 aliphatic carbocycles. The van der Waals surface area contributed by atoms with Gasteiger partial charge in [-0.1, -0.05) is 30.3 Å². The Bertz CT molecular complexity index is 821. The third-order valence-corrected chi connectivity index (χ3v) is 3.85. The van der Waals surface area contributed by atoms with Crippen LogP contribution in [-0.4, -0.2) is 36.3 Å². The van der Waals surface area contributed by atoms with E-state index in [1.807, 2.05) is 0 Å². The molecule has 7 heteroatoms. The molecule has 0 saturated heterocycles. The van der Waals surface area contributed by atoms with Gasteiger partial charge in [-0.3, -0.25) is 9.59 Å². The normalized spacial score (nSPS) is 10.2. The van der Waals surface area contributed by atoms with Gasteiger partial charge in [0.15, 0.2) is 6.61 Å². The Morgan fingerprint density at radius 3 is 2.37 bits per heavy atom. The molecule has 2 amide bonds. The SMILES string of the molecule is CC(=O)NCc1ccc(C(=O)OCC(=O)N(C)Cc2ccccc2F)cc1. The Hall–Kier alpha value is -3.22. The third-order valence-electron chi connectivity index (χ3n) is 3.85. The van der Waals surface area contributed by atoms with Crippen LogP contribution in [0.2, 0.25) is 0 Å². The Balaban J connectivity index is 1.84. The second-order valence-electron chi connectivity index (χ2n) is 6.02. The van der Waals surface area contributed by atoms with Crippen LogP contribution >= 0.6 is 0 Å². The molecule has 27 heavy (non-hydrogen) atoms. The first-order chi connectivity index (χ1) is 12.9. The quantitative estimate of drug-likeness (QED) is 0.757. The molecule has 0 unspecified atom stereocenters. The maximum absolute atomic E-state index is 13.6. The van der Waals surface area contributed by atoms with Crippen LogP contribution in [0.25, 0.3) is 0 Å². The number of amides is 2. The lowest BCUT2D eigenvalue weighted by atomic mass is 10.1. The number of ether oxygens (including phenoxy) is 1. The predicted molar refractivity (Wildman–Crippen MR) is 97.1 cm³/mol. The van der Waals surface area contributed by atoms with Crippen molar-refractivity contribution in [3.8, 4) is 0 Å². The zero-order valence-electron chi connectivity index (χ0n) is 15.2. The number of esters is 1. The van der Waals surface area contributed by atoms with Gasteiger partial charge in [-0.15, -0.1) is 0 Å². The van der Waals surface area contributed by atoms with Gasteiger partial charge in [-0.05, 0) is 23.8 Å². The van der Waals surface area contributed by atoms with E-state index in [4.69, 9.17) is 4.74 Å². The Morgan fingerprint density at radius 2 is 1.74 bits per heavy atom. The summed E-state index contributed by atoms with van der Waals surface area (Å²) in [6.07, 6.45) is 0. The highest BCUT2D eigenvalue weighted by atomic mass is 19.1. The number of carbonyl (C=O) groups excluding carboxylic acids is 3.